The van der Waals surface area contributed by atoms with Crippen LogP contribution in [0.1, 0.15) is 5.56 Å². The van der Waals surface area contributed by atoms with E-state index in [0.29, 0.717) is 10.6 Å². The third kappa shape index (κ3) is 5.58. The summed E-state index contributed by atoms with van der Waals surface area (Å²) in [6.07, 6.45) is 1.50. The van der Waals surface area contributed by atoms with E-state index >= 15 is 0 Å². The lowest BCUT2D eigenvalue weighted by atomic mass is 10.2. The number of carboxylic acids is 1. The second kappa shape index (κ2) is 9.88. The van der Waals surface area contributed by atoms with Crippen LogP contribution in [-0.2, 0) is 19.6 Å². The molecule has 168 valence electrons. The molecule has 1 fully saturated rings. The van der Waals surface area contributed by atoms with E-state index in [1.54, 1.807) is 12.1 Å². The van der Waals surface area contributed by atoms with Gasteiger partial charge in [0, 0.05) is 5.02 Å². The van der Waals surface area contributed by atoms with E-state index in [4.69, 9.17) is 38.4 Å². The lowest BCUT2D eigenvalue weighted by molar-refractivity contribution is -0.139. The lowest BCUT2D eigenvalue weighted by Gasteiger charge is -2.16. The van der Waals surface area contributed by atoms with Gasteiger partial charge < -0.3 is 14.6 Å². The van der Waals surface area contributed by atoms with E-state index < -0.39 is 28.5 Å². The summed E-state index contributed by atoms with van der Waals surface area (Å²) < 4.78 is 35.5. The Morgan fingerprint density at radius 2 is 1.94 bits per heavy atom. The van der Waals surface area contributed by atoms with Gasteiger partial charge in [0.1, 0.15) is 0 Å². The largest absolute Gasteiger partial charge is 0.493 e. The predicted molar refractivity (Wildman–Crippen MR) is 123 cm³/mol. The van der Waals surface area contributed by atoms with Gasteiger partial charge in [-0.1, -0.05) is 41.6 Å². The molecule has 0 atom stereocenters. The first-order chi connectivity index (χ1) is 15.1. The molecule has 0 unspecified atom stereocenters. The van der Waals surface area contributed by atoms with Crippen LogP contribution in [0.15, 0.2) is 52.3 Å². The number of thiocarbonyl (C=S) groups is 1. The summed E-state index contributed by atoms with van der Waals surface area (Å²) in [5, 5.41) is 9.88. The zero-order chi connectivity index (χ0) is 23.5. The van der Waals surface area contributed by atoms with Crippen molar-refractivity contribution in [3.63, 3.8) is 0 Å². The monoisotopic (exact) mass is 514 g/mol. The van der Waals surface area contributed by atoms with Gasteiger partial charge in [-0.25, -0.2) is 18.2 Å². The van der Waals surface area contributed by atoms with Gasteiger partial charge in [0.2, 0.25) is 0 Å². The summed E-state index contributed by atoms with van der Waals surface area (Å²) in [4.78, 5) is 25.7. The van der Waals surface area contributed by atoms with Gasteiger partial charge in [-0.15, -0.1) is 4.83 Å². The molecule has 2 aromatic rings. The van der Waals surface area contributed by atoms with Crippen molar-refractivity contribution in [2.75, 3.05) is 13.7 Å². The fraction of sp³-hybridized carbons (Fsp3) is 0.105. The van der Waals surface area contributed by atoms with Crippen LogP contribution in [0.3, 0.4) is 0 Å². The van der Waals surface area contributed by atoms with Crippen LogP contribution in [0.4, 0.5) is 0 Å². The number of halogens is 1. The SMILES string of the molecule is COc1cc(/C=C2/SC(=S)N(NS(=O)(=O)c3ccc(Cl)cc3)C2=O)ccc1OCC(=O)O. The normalized spacial score (nSPS) is 15.3. The number of sulfonamides is 1. The Hall–Kier alpha value is -2.64. The van der Waals surface area contributed by atoms with E-state index in [2.05, 4.69) is 4.83 Å². The second-order valence-corrected chi connectivity index (χ2v) is 9.93. The maximum absolute atomic E-state index is 12.8. The highest BCUT2D eigenvalue weighted by molar-refractivity contribution is 8.26. The Kier molecular flexibility index (Phi) is 7.41. The summed E-state index contributed by atoms with van der Waals surface area (Å²) in [6, 6.07) is 10.1. The third-order valence-electron chi connectivity index (χ3n) is 3.97. The number of carbonyl (C=O) groups excluding carboxylic acids is 1. The number of hydrazine groups is 1. The number of carboxylic acid groups (broad SMARTS) is 1. The molecular formula is C19H15ClN2O7S3. The Balaban J connectivity index is 1.80. The van der Waals surface area contributed by atoms with Crippen molar-refractivity contribution >= 4 is 67.9 Å². The minimum Gasteiger partial charge on any atom is -0.493 e. The second-order valence-electron chi connectivity index (χ2n) is 6.16. The maximum atomic E-state index is 12.8. The molecule has 1 aliphatic rings. The number of hydrogen-bond acceptors (Lipinski definition) is 8. The Morgan fingerprint density at radius 1 is 1.25 bits per heavy atom. The fourth-order valence-electron chi connectivity index (χ4n) is 2.52. The molecule has 1 amide bonds. The minimum atomic E-state index is -4.07. The summed E-state index contributed by atoms with van der Waals surface area (Å²) in [7, 11) is -2.68. The number of ether oxygens (including phenoxy) is 2. The van der Waals surface area contributed by atoms with Crippen molar-refractivity contribution in [3.8, 4) is 11.5 Å². The molecule has 0 aliphatic carbocycles. The van der Waals surface area contributed by atoms with Crippen LogP contribution < -0.4 is 14.3 Å². The van der Waals surface area contributed by atoms with Gasteiger partial charge in [0.15, 0.2) is 22.4 Å². The van der Waals surface area contributed by atoms with Crippen LogP contribution >= 0.6 is 35.6 Å². The van der Waals surface area contributed by atoms with Crippen LogP contribution in [0.25, 0.3) is 6.08 Å². The molecule has 0 radical (unpaired) electrons. The Bertz CT molecular complexity index is 1210. The number of benzene rings is 2. The summed E-state index contributed by atoms with van der Waals surface area (Å²) in [6.45, 7) is -0.540. The van der Waals surface area contributed by atoms with E-state index in [0.717, 1.165) is 16.8 Å². The smallest absolute Gasteiger partial charge is 0.341 e. The zero-order valence-corrected chi connectivity index (χ0v) is 19.5. The number of nitrogens with zero attached hydrogens (tertiary/aromatic N) is 1. The molecule has 13 heteroatoms. The van der Waals surface area contributed by atoms with E-state index in [1.807, 2.05) is 0 Å². The van der Waals surface area contributed by atoms with Gasteiger partial charge in [-0.05, 0) is 48.0 Å². The predicted octanol–water partition coefficient (Wildman–Crippen LogP) is 2.91. The number of nitrogens with one attached hydrogen (secondary N) is 1. The van der Waals surface area contributed by atoms with E-state index in [-0.39, 0.29) is 25.6 Å². The standard InChI is InChI=1S/C19H15ClN2O7S3/c1-28-15-8-11(2-7-14(15)29-10-17(23)24)9-16-18(25)22(19(30)31-16)21-32(26,27)13-5-3-12(20)4-6-13/h2-9,21H,10H2,1H3,(H,23,24)/b16-9+. The molecule has 0 bridgehead atoms. The fourth-order valence-corrected chi connectivity index (χ4v) is 4.95. The van der Waals surface area contributed by atoms with Gasteiger partial charge in [-0.2, -0.15) is 0 Å². The summed E-state index contributed by atoms with van der Waals surface area (Å²) in [5.41, 5.74) is 0.533. The highest BCUT2D eigenvalue weighted by Crippen LogP contribution is 2.34. The lowest BCUT2D eigenvalue weighted by Crippen LogP contribution is -2.44. The van der Waals surface area contributed by atoms with Crippen molar-refractivity contribution in [2.24, 2.45) is 0 Å². The first-order valence-corrected chi connectivity index (χ1v) is 11.8. The van der Waals surface area contributed by atoms with Gasteiger partial charge >= 0.3 is 5.97 Å². The number of rotatable bonds is 8. The number of aliphatic carboxylic acids is 1. The molecule has 2 aromatic carbocycles. The van der Waals surface area contributed by atoms with Crippen molar-refractivity contribution in [1.82, 2.24) is 9.84 Å². The Labute approximate surface area is 198 Å². The summed E-state index contributed by atoms with van der Waals surface area (Å²) >= 11 is 11.9. The molecule has 3 rings (SSSR count). The van der Waals surface area contributed by atoms with E-state index in [9.17, 15) is 18.0 Å². The average molecular weight is 515 g/mol. The molecule has 1 aliphatic heterocycles. The van der Waals surface area contributed by atoms with Crippen molar-refractivity contribution in [3.05, 3.63) is 58.0 Å². The van der Waals surface area contributed by atoms with E-state index in [1.165, 1.54) is 43.5 Å². The van der Waals surface area contributed by atoms with Gasteiger partial charge in [0.05, 0.1) is 16.9 Å². The number of thioether (sulfide) groups is 1. The Morgan fingerprint density at radius 3 is 2.56 bits per heavy atom. The molecule has 0 saturated carbocycles. The van der Waals surface area contributed by atoms with Crippen molar-refractivity contribution in [1.29, 1.82) is 0 Å². The van der Waals surface area contributed by atoms with Crippen molar-refractivity contribution < 1.29 is 32.6 Å². The van der Waals surface area contributed by atoms with Crippen LogP contribution in [-0.4, -0.2) is 48.4 Å². The quantitative estimate of drug-likeness (QED) is 0.404. The van der Waals surface area contributed by atoms with Crippen LogP contribution in [0, 0.1) is 0 Å². The molecule has 0 aromatic heterocycles. The molecule has 9 nitrogen and oxygen atoms in total. The molecule has 32 heavy (non-hydrogen) atoms. The highest BCUT2D eigenvalue weighted by Gasteiger charge is 2.35. The van der Waals surface area contributed by atoms with Gasteiger partial charge in [-0.3, -0.25) is 4.79 Å². The third-order valence-corrected chi connectivity index (χ3v) is 6.84. The number of amides is 1. The molecular weight excluding hydrogens is 500 g/mol. The average Bonchev–Trinajstić information content (AvgIpc) is 2.99. The van der Waals surface area contributed by atoms with Crippen molar-refractivity contribution in [2.45, 2.75) is 4.90 Å². The molecule has 2 N–H and O–H groups in total. The molecule has 1 saturated heterocycles. The molecule has 1 heterocycles. The maximum Gasteiger partial charge on any atom is 0.341 e. The first kappa shape index (κ1) is 24.0. The molecule has 0 spiro atoms. The number of carbonyl (C=O) groups is 2. The highest BCUT2D eigenvalue weighted by atomic mass is 35.5. The zero-order valence-electron chi connectivity index (χ0n) is 16.3. The van der Waals surface area contributed by atoms with Gasteiger partial charge in [0.25, 0.3) is 15.9 Å². The minimum absolute atomic E-state index is 0.00663. The number of methoxy groups -OCH3 is 1. The first-order valence-electron chi connectivity index (χ1n) is 8.69. The van der Waals surface area contributed by atoms with Crippen LogP contribution in [0.5, 0.6) is 11.5 Å². The topological polar surface area (TPSA) is 122 Å². The summed E-state index contributed by atoms with van der Waals surface area (Å²) in [5.74, 6) is -1.31. The number of hydrogen-bond donors (Lipinski definition) is 2. The van der Waals surface area contributed by atoms with Crippen LogP contribution in [0.2, 0.25) is 5.02 Å².